The fraction of sp³-hybridized carbons (Fsp3) is 0.158. The summed E-state index contributed by atoms with van der Waals surface area (Å²) in [7, 11) is 0. The SMILES string of the molecule is CCc1ccc(C(=O)NNC(=O)Cn2cnc3ccc(Br)cc3c2=O)cc1. The molecule has 0 spiro atoms. The molecule has 0 bridgehead atoms. The zero-order valence-corrected chi connectivity index (χ0v) is 16.1. The summed E-state index contributed by atoms with van der Waals surface area (Å²) >= 11 is 3.31. The van der Waals surface area contributed by atoms with Crippen molar-refractivity contribution in [1.82, 2.24) is 20.4 Å². The Morgan fingerprint density at radius 2 is 1.85 bits per heavy atom. The molecule has 138 valence electrons. The number of amides is 2. The third kappa shape index (κ3) is 4.40. The molecule has 0 aliphatic heterocycles. The van der Waals surface area contributed by atoms with E-state index in [-0.39, 0.29) is 12.1 Å². The highest BCUT2D eigenvalue weighted by atomic mass is 79.9. The van der Waals surface area contributed by atoms with E-state index in [2.05, 4.69) is 31.8 Å². The van der Waals surface area contributed by atoms with Gasteiger partial charge in [-0.1, -0.05) is 35.0 Å². The summed E-state index contributed by atoms with van der Waals surface area (Å²) in [6.07, 6.45) is 2.19. The van der Waals surface area contributed by atoms with Crippen LogP contribution in [0, 0.1) is 0 Å². The van der Waals surface area contributed by atoms with E-state index < -0.39 is 11.8 Å². The van der Waals surface area contributed by atoms with Crippen LogP contribution in [-0.2, 0) is 17.8 Å². The van der Waals surface area contributed by atoms with Crippen molar-refractivity contribution < 1.29 is 9.59 Å². The molecule has 2 N–H and O–H groups in total. The highest BCUT2D eigenvalue weighted by Crippen LogP contribution is 2.14. The van der Waals surface area contributed by atoms with Crippen LogP contribution in [0.15, 0.2) is 58.1 Å². The minimum atomic E-state index is -0.535. The molecule has 1 heterocycles. The monoisotopic (exact) mass is 428 g/mol. The van der Waals surface area contributed by atoms with Crippen LogP contribution in [0.3, 0.4) is 0 Å². The van der Waals surface area contributed by atoms with E-state index in [4.69, 9.17) is 0 Å². The molecule has 0 saturated carbocycles. The second kappa shape index (κ2) is 8.13. The largest absolute Gasteiger partial charge is 0.289 e. The zero-order valence-electron chi connectivity index (χ0n) is 14.5. The molecule has 7 nitrogen and oxygen atoms in total. The molecule has 0 aliphatic carbocycles. The Labute approximate surface area is 163 Å². The number of halogens is 1. The van der Waals surface area contributed by atoms with Gasteiger partial charge in [0.2, 0.25) is 0 Å². The van der Waals surface area contributed by atoms with Gasteiger partial charge in [0.15, 0.2) is 0 Å². The van der Waals surface area contributed by atoms with E-state index >= 15 is 0 Å². The minimum Gasteiger partial charge on any atom is -0.289 e. The highest BCUT2D eigenvalue weighted by Gasteiger charge is 2.10. The number of hydrogen-bond donors (Lipinski definition) is 2. The standard InChI is InChI=1S/C19H17BrN4O3/c1-2-12-3-5-13(6-4-12)18(26)23-22-17(25)10-24-11-21-16-8-7-14(20)9-15(16)19(24)27/h3-9,11H,2,10H2,1H3,(H,22,25)(H,23,26). The van der Waals surface area contributed by atoms with Gasteiger partial charge in [-0.2, -0.15) is 0 Å². The molecule has 0 aliphatic rings. The lowest BCUT2D eigenvalue weighted by molar-refractivity contribution is -0.122. The predicted octanol–water partition coefficient (Wildman–Crippen LogP) is 2.18. The summed E-state index contributed by atoms with van der Waals surface area (Å²) in [6.45, 7) is 1.76. The molecule has 0 atom stereocenters. The van der Waals surface area contributed by atoms with Gasteiger partial charge in [0, 0.05) is 10.0 Å². The van der Waals surface area contributed by atoms with E-state index in [9.17, 15) is 14.4 Å². The van der Waals surface area contributed by atoms with Crippen molar-refractivity contribution in [2.24, 2.45) is 0 Å². The molecule has 3 rings (SSSR count). The second-order valence-corrected chi connectivity index (χ2v) is 6.81. The Balaban J connectivity index is 1.65. The number of carbonyl (C=O) groups is 2. The summed E-state index contributed by atoms with van der Waals surface area (Å²) < 4.78 is 1.93. The molecule has 27 heavy (non-hydrogen) atoms. The van der Waals surface area contributed by atoms with Crippen molar-refractivity contribution in [2.75, 3.05) is 0 Å². The maximum Gasteiger partial charge on any atom is 0.269 e. The first-order valence-electron chi connectivity index (χ1n) is 8.30. The van der Waals surface area contributed by atoms with Gasteiger partial charge < -0.3 is 0 Å². The smallest absolute Gasteiger partial charge is 0.269 e. The second-order valence-electron chi connectivity index (χ2n) is 5.89. The van der Waals surface area contributed by atoms with Gasteiger partial charge in [-0.15, -0.1) is 0 Å². The topological polar surface area (TPSA) is 93.1 Å². The Hall–Kier alpha value is -3.00. The molecular weight excluding hydrogens is 412 g/mol. The number of hydrogen-bond acceptors (Lipinski definition) is 4. The van der Waals surface area contributed by atoms with Gasteiger partial charge in [0.25, 0.3) is 17.4 Å². The molecule has 0 unspecified atom stereocenters. The van der Waals surface area contributed by atoms with Crippen LogP contribution < -0.4 is 16.4 Å². The number of rotatable bonds is 4. The molecule has 1 aromatic heterocycles. The van der Waals surface area contributed by atoms with E-state index in [1.807, 2.05) is 19.1 Å². The van der Waals surface area contributed by atoms with Crippen LogP contribution in [0.4, 0.5) is 0 Å². The van der Waals surface area contributed by atoms with Crippen LogP contribution in [0.5, 0.6) is 0 Å². The summed E-state index contributed by atoms with van der Waals surface area (Å²) in [5.41, 5.74) is 6.41. The lowest BCUT2D eigenvalue weighted by Crippen LogP contribution is -2.44. The lowest BCUT2D eigenvalue weighted by atomic mass is 10.1. The first kappa shape index (κ1) is 18.8. The van der Waals surface area contributed by atoms with Crippen molar-refractivity contribution in [3.05, 3.63) is 74.7 Å². The van der Waals surface area contributed by atoms with Crippen molar-refractivity contribution in [3.63, 3.8) is 0 Å². The quantitative estimate of drug-likeness (QED) is 0.622. The maximum absolute atomic E-state index is 12.5. The van der Waals surface area contributed by atoms with Crippen LogP contribution >= 0.6 is 15.9 Å². The fourth-order valence-electron chi connectivity index (χ4n) is 2.53. The van der Waals surface area contributed by atoms with Crippen LogP contribution in [0.2, 0.25) is 0 Å². The number of fused-ring (bicyclic) bond motifs is 1. The number of nitrogens with one attached hydrogen (secondary N) is 2. The summed E-state index contributed by atoms with van der Waals surface area (Å²) in [6, 6.07) is 12.3. The number of aryl methyl sites for hydroxylation is 1. The Kier molecular flexibility index (Phi) is 5.66. The Bertz CT molecular complexity index is 1060. The molecule has 2 amide bonds. The van der Waals surface area contributed by atoms with Crippen molar-refractivity contribution in [3.8, 4) is 0 Å². The number of nitrogens with zero attached hydrogens (tertiary/aromatic N) is 2. The zero-order chi connectivity index (χ0) is 19.4. The summed E-state index contributed by atoms with van der Waals surface area (Å²) in [5, 5.41) is 0.403. The van der Waals surface area contributed by atoms with Gasteiger partial charge in [0.1, 0.15) is 6.54 Å². The van der Waals surface area contributed by atoms with Crippen molar-refractivity contribution in [1.29, 1.82) is 0 Å². The van der Waals surface area contributed by atoms with Gasteiger partial charge in [-0.05, 0) is 42.3 Å². The molecule has 2 aromatic carbocycles. The minimum absolute atomic E-state index is 0.261. The van der Waals surface area contributed by atoms with Gasteiger partial charge in [0.05, 0.1) is 17.2 Å². The molecule has 0 radical (unpaired) electrons. The van der Waals surface area contributed by atoms with Gasteiger partial charge >= 0.3 is 0 Å². The fourth-order valence-corrected chi connectivity index (χ4v) is 2.89. The Morgan fingerprint density at radius 3 is 2.56 bits per heavy atom. The average Bonchev–Trinajstić information content (AvgIpc) is 2.68. The Morgan fingerprint density at radius 1 is 1.11 bits per heavy atom. The third-order valence-electron chi connectivity index (χ3n) is 4.04. The predicted molar refractivity (Wildman–Crippen MR) is 105 cm³/mol. The normalized spacial score (nSPS) is 10.6. The first-order chi connectivity index (χ1) is 13.0. The maximum atomic E-state index is 12.5. The number of carbonyl (C=O) groups excluding carboxylic acids is 2. The highest BCUT2D eigenvalue weighted by molar-refractivity contribution is 9.10. The van der Waals surface area contributed by atoms with Crippen LogP contribution in [0.1, 0.15) is 22.8 Å². The summed E-state index contributed by atoms with van der Waals surface area (Å²) in [4.78, 5) is 40.8. The van der Waals surface area contributed by atoms with Crippen molar-refractivity contribution in [2.45, 2.75) is 19.9 Å². The molecule has 0 saturated heterocycles. The van der Waals surface area contributed by atoms with E-state index in [1.54, 1.807) is 30.3 Å². The van der Waals surface area contributed by atoms with E-state index in [0.717, 1.165) is 16.5 Å². The summed E-state index contributed by atoms with van der Waals surface area (Å²) in [5.74, 6) is -0.967. The number of benzene rings is 2. The lowest BCUT2D eigenvalue weighted by Gasteiger charge is -2.09. The molecule has 0 fully saturated rings. The van der Waals surface area contributed by atoms with Crippen LogP contribution in [0.25, 0.3) is 10.9 Å². The first-order valence-corrected chi connectivity index (χ1v) is 9.10. The number of aromatic nitrogens is 2. The molecule has 8 heteroatoms. The van der Waals surface area contributed by atoms with Crippen LogP contribution in [-0.4, -0.2) is 21.4 Å². The van der Waals surface area contributed by atoms with E-state index in [1.165, 1.54) is 10.9 Å². The molecular formula is C19H17BrN4O3. The van der Waals surface area contributed by atoms with Gasteiger partial charge in [-0.3, -0.25) is 29.8 Å². The molecule has 3 aromatic rings. The number of hydrazine groups is 1. The van der Waals surface area contributed by atoms with E-state index in [0.29, 0.717) is 16.5 Å². The third-order valence-corrected chi connectivity index (χ3v) is 4.53. The van der Waals surface area contributed by atoms with Crippen molar-refractivity contribution >= 4 is 38.6 Å². The van der Waals surface area contributed by atoms with Gasteiger partial charge in [-0.25, -0.2) is 4.98 Å². The average molecular weight is 429 g/mol.